The first-order valence-electron chi connectivity index (χ1n) is 6.78. The number of benzene rings is 1. The van der Waals surface area contributed by atoms with Gasteiger partial charge in [-0.15, -0.1) is 0 Å². The summed E-state index contributed by atoms with van der Waals surface area (Å²) in [5, 5.41) is 0. The van der Waals surface area contributed by atoms with Crippen molar-refractivity contribution in [1.29, 1.82) is 0 Å². The fourth-order valence-electron chi connectivity index (χ4n) is 2.82. The second kappa shape index (κ2) is 5.54. The van der Waals surface area contributed by atoms with E-state index in [1.54, 1.807) is 0 Å². The second-order valence-corrected chi connectivity index (χ2v) is 5.20. The third kappa shape index (κ3) is 2.81. The molecule has 17 heavy (non-hydrogen) atoms. The molecule has 1 heterocycles. The van der Waals surface area contributed by atoms with Crippen LogP contribution in [-0.4, -0.2) is 19.1 Å². The lowest BCUT2D eigenvalue weighted by atomic mass is 10.00. The van der Waals surface area contributed by atoms with Gasteiger partial charge < -0.3 is 10.6 Å². The summed E-state index contributed by atoms with van der Waals surface area (Å²) in [5.41, 5.74) is 9.77. The van der Waals surface area contributed by atoms with Gasteiger partial charge in [0.25, 0.3) is 0 Å². The van der Waals surface area contributed by atoms with Crippen molar-refractivity contribution >= 4 is 5.69 Å². The van der Waals surface area contributed by atoms with Gasteiger partial charge in [-0.2, -0.15) is 0 Å². The van der Waals surface area contributed by atoms with Crippen molar-refractivity contribution in [2.75, 3.05) is 18.0 Å². The maximum absolute atomic E-state index is 5.60. The largest absolute Gasteiger partial charge is 0.369 e. The van der Waals surface area contributed by atoms with Crippen LogP contribution in [0.1, 0.15) is 37.3 Å². The molecule has 1 fully saturated rings. The molecule has 1 aliphatic heterocycles. The van der Waals surface area contributed by atoms with Gasteiger partial charge in [0.1, 0.15) is 0 Å². The molecule has 1 saturated heterocycles. The Morgan fingerprint density at radius 3 is 2.82 bits per heavy atom. The van der Waals surface area contributed by atoms with Crippen LogP contribution in [0.4, 0.5) is 5.69 Å². The number of rotatable bonds is 3. The maximum Gasteiger partial charge on any atom is 0.0398 e. The smallest absolute Gasteiger partial charge is 0.0398 e. The van der Waals surface area contributed by atoms with Crippen LogP contribution < -0.4 is 10.6 Å². The Morgan fingerprint density at radius 2 is 2.18 bits per heavy atom. The fraction of sp³-hybridized carbons (Fsp3) is 0.600. The van der Waals surface area contributed by atoms with Gasteiger partial charge in [0.05, 0.1) is 0 Å². The highest BCUT2D eigenvalue weighted by Gasteiger charge is 2.19. The van der Waals surface area contributed by atoms with Gasteiger partial charge in [-0.3, -0.25) is 0 Å². The molecule has 1 aliphatic rings. The zero-order valence-corrected chi connectivity index (χ0v) is 11.1. The van der Waals surface area contributed by atoms with Gasteiger partial charge in [0.2, 0.25) is 0 Å². The Hall–Kier alpha value is -1.02. The minimum Gasteiger partial charge on any atom is -0.369 e. The summed E-state index contributed by atoms with van der Waals surface area (Å²) in [7, 11) is 0. The number of piperidine rings is 1. The van der Waals surface area contributed by atoms with E-state index in [0.717, 1.165) is 13.0 Å². The second-order valence-electron chi connectivity index (χ2n) is 5.20. The number of hydrogen-bond donors (Lipinski definition) is 1. The maximum atomic E-state index is 5.60. The molecule has 0 radical (unpaired) electrons. The Labute approximate surface area is 105 Å². The molecule has 1 unspecified atom stereocenters. The Bertz CT molecular complexity index is 373. The van der Waals surface area contributed by atoms with Crippen LogP contribution in [0.3, 0.4) is 0 Å². The van der Waals surface area contributed by atoms with Crippen molar-refractivity contribution < 1.29 is 0 Å². The zero-order chi connectivity index (χ0) is 12.3. The summed E-state index contributed by atoms with van der Waals surface area (Å²) in [5.74, 6) is 0. The van der Waals surface area contributed by atoms with E-state index in [9.17, 15) is 0 Å². The molecule has 1 atom stereocenters. The molecule has 0 saturated carbocycles. The Morgan fingerprint density at radius 1 is 1.35 bits per heavy atom. The highest BCUT2D eigenvalue weighted by molar-refractivity contribution is 5.55. The Kier molecular flexibility index (Phi) is 4.06. The number of hydrogen-bond acceptors (Lipinski definition) is 2. The molecule has 0 aliphatic carbocycles. The van der Waals surface area contributed by atoms with Gasteiger partial charge in [-0.1, -0.05) is 12.1 Å². The molecule has 2 rings (SSSR count). The molecule has 0 amide bonds. The van der Waals surface area contributed by atoms with Crippen LogP contribution in [0.2, 0.25) is 0 Å². The van der Waals surface area contributed by atoms with Crippen LogP contribution in [0, 0.1) is 6.92 Å². The first-order valence-corrected chi connectivity index (χ1v) is 6.78. The van der Waals surface area contributed by atoms with Gasteiger partial charge in [-0.25, -0.2) is 0 Å². The molecule has 0 spiro atoms. The monoisotopic (exact) mass is 232 g/mol. The van der Waals surface area contributed by atoms with Crippen LogP contribution in [0.5, 0.6) is 0 Å². The number of aryl methyl sites for hydroxylation is 1. The Balaban J connectivity index is 2.20. The average molecular weight is 232 g/mol. The molecular formula is C15H24N2. The molecule has 2 nitrogen and oxygen atoms in total. The predicted octanol–water partition coefficient (Wildman–Crippen LogP) is 2.88. The van der Waals surface area contributed by atoms with Crippen molar-refractivity contribution in [2.24, 2.45) is 5.73 Å². The lowest BCUT2D eigenvalue weighted by molar-refractivity contribution is 0.484. The SMILES string of the molecule is Cc1cc(CCN)ccc1N1CCCCC1C. The van der Waals surface area contributed by atoms with E-state index in [1.807, 2.05) is 0 Å². The highest BCUT2D eigenvalue weighted by atomic mass is 15.2. The predicted molar refractivity (Wildman–Crippen MR) is 74.6 cm³/mol. The van der Waals surface area contributed by atoms with E-state index in [0.29, 0.717) is 6.04 Å². The zero-order valence-electron chi connectivity index (χ0n) is 11.1. The minimum absolute atomic E-state index is 0.683. The summed E-state index contributed by atoms with van der Waals surface area (Å²) in [4.78, 5) is 2.56. The van der Waals surface area contributed by atoms with Crippen molar-refractivity contribution in [3.05, 3.63) is 29.3 Å². The van der Waals surface area contributed by atoms with Gasteiger partial charge >= 0.3 is 0 Å². The van der Waals surface area contributed by atoms with E-state index in [1.165, 1.54) is 42.6 Å². The molecule has 2 N–H and O–H groups in total. The molecule has 0 aromatic heterocycles. The summed E-state index contributed by atoms with van der Waals surface area (Å²) in [6.07, 6.45) is 5.01. The van der Waals surface area contributed by atoms with E-state index in [4.69, 9.17) is 5.73 Å². The number of anilines is 1. The summed E-state index contributed by atoms with van der Waals surface area (Å²) >= 11 is 0. The van der Waals surface area contributed by atoms with Crippen molar-refractivity contribution in [1.82, 2.24) is 0 Å². The summed E-state index contributed by atoms with van der Waals surface area (Å²) in [6, 6.07) is 7.49. The third-order valence-electron chi connectivity index (χ3n) is 3.81. The minimum atomic E-state index is 0.683. The average Bonchev–Trinajstić information content (AvgIpc) is 2.31. The van der Waals surface area contributed by atoms with E-state index in [2.05, 4.69) is 36.9 Å². The summed E-state index contributed by atoms with van der Waals surface area (Å²) in [6.45, 7) is 6.50. The van der Waals surface area contributed by atoms with E-state index >= 15 is 0 Å². The highest BCUT2D eigenvalue weighted by Crippen LogP contribution is 2.28. The number of nitrogens with two attached hydrogens (primary N) is 1. The van der Waals surface area contributed by atoms with Crippen molar-refractivity contribution in [3.63, 3.8) is 0 Å². The fourth-order valence-corrected chi connectivity index (χ4v) is 2.82. The molecule has 0 bridgehead atoms. The quantitative estimate of drug-likeness (QED) is 0.868. The molecule has 1 aromatic carbocycles. The standard InChI is InChI=1S/C15H24N2/c1-12-11-14(8-9-16)6-7-15(12)17-10-4-3-5-13(17)2/h6-7,11,13H,3-5,8-10,16H2,1-2H3. The normalized spacial score (nSPS) is 20.6. The van der Waals surface area contributed by atoms with Crippen LogP contribution in [0.15, 0.2) is 18.2 Å². The van der Waals surface area contributed by atoms with Gasteiger partial charge in [0, 0.05) is 18.3 Å². The van der Waals surface area contributed by atoms with Crippen molar-refractivity contribution in [2.45, 2.75) is 45.6 Å². The lowest BCUT2D eigenvalue weighted by Gasteiger charge is -2.36. The van der Waals surface area contributed by atoms with Gasteiger partial charge in [0.15, 0.2) is 0 Å². The number of nitrogens with zero attached hydrogens (tertiary/aromatic N) is 1. The van der Waals surface area contributed by atoms with E-state index < -0.39 is 0 Å². The molecular weight excluding hydrogens is 208 g/mol. The molecule has 2 heteroatoms. The van der Waals surface area contributed by atoms with Crippen molar-refractivity contribution in [3.8, 4) is 0 Å². The summed E-state index contributed by atoms with van der Waals surface area (Å²) < 4.78 is 0. The first-order chi connectivity index (χ1) is 8.22. The van der Waals surface area contributed by atoms with Crippen LogP contribution >= 0.6 is 0 Å². The topological polar surface area (TPSA) is 29.3 Å². The first kappa shape index (κ1) is 12.4. The third-order valence-corrected chi connectivity index (χ3v) is 3.81. The van der Waals surface area contributed by atoms with Crippen LogP contribution in [-0.2, 0) is 6.42 Å². The lowest BCUT2D eigenvalue weighted by Crippen LogP contribution is -2.37. The molecule has 94 valence electrons. The van der Waals surface area contributed by atoms with E-state index in [-0.39, 0.29) is 0 Å². The van der Waals surface area contributed by atoms with Gasteiger partial charge in [-0.05, 0) is 63.3 Å². The molecule has 1 aromatic rings. The van der Waals surface area contributed by atoms with Crippen LogP contribution in [0.25, 0.3) is 0 Å².